The van der Waals surface area contributed by atoms with Crippen LogP contribution in [0.25, 0.3) is 0 Å². The van der Waals surface area contributed by atoms with Crippen molar-refractivity contribution in [2.75, 3.05) is 13.1 Å². The molecule has 1 aromatic rings. The second-order valence-corrected chi connectivity index (χ2v) is 4.88. The van der Waals surface area contributed by atoms with Crippen LogP contribution >= 0.6 is 11.3 Å². The number of nitrogens with two attached hydrogens (primary N) is 1. The van der Waals surface area contributed by atoms with Crippen LogP contribution < -0.4 is 11.1 Å². The van der Waals surface area contributed by atoms with E-state index in [1.54, 1.807) is 11.3 Å². The molecule has 0 spiro atoms. The Morgan fingerprint density at radius 2 is 2.36 bits per heavy atom. The summed E-state index contributed by atoms with van der Waals surface area (Å²) in [7, 11) is 0. The van der Waals surface area contributed by atoms with Crippen LogP contribution in [-0.4, -0.2) is 19.0 Å². The van der Waals surface area contributed by atoms with Crippen LogP contribution in [0.5, 0.6) is 0 Å². The quantitative estimate of drug-likeness (QED) is 0.768. The first-order valence-electron chi connectivity index (χ1n) is 4.55. The SMILES string of the molecule is CC(C)(CNCC(N)=O)c1cccs1. The molecule has 1 amide bonds. The molecule has 0 aromatic carbocycles. The van der Waals surface area contributed by atoms with Crippen molar-refractivity contribution in [1.29, 1.82) is 0 Å². The van der Waals surface area contributed by atoms with Gasteiger partial charge in [-0.25, -0.2) is 0 Å². The van der Waals surface area contributed by atoms with Gasteiger partial charge in [-0.2, -0.15) is 0 Å². The highest BCUT2D eigenvalue weighted by atomic mass is 32.1. The normalized spacial score (nSPS) is 11.6. The largest absolute Gasteiger partial charge is 0.369 e. The lowest BCUT2D eigenvalue weighted by Gasteiger charge is -2.23. The molecule has 0 saturated carbocycles. The van der Waals surface area contributed by atoms with Gasteiger partial charge in [0, 0.05) is 16.8 Å². The van der Waals surface area contributed by atoms with Crippen molar-refractivity contribution in [2.45, 2.75) is 19.3 Å². The van der Waals surface area contributed by atoms with Gasteiger partial charge in [0.15, 0.2) is 0 Å². The van der Waals surface area contributed by atoms with Crippen molar-refractivity contribution in [2.24, 2.45) is 5.73 Å². The van der Waals surface area contributed by atoms with E-state index in [9.17, 15) is 4.79 Å². The van der Waals surface area contributed by atoms with E-state index in [4.69, 9.17) is 5.73 Å². The number of hydrogen-bond acceptors (Lipinski definition) is 3. The molecule has 4 heteroatoms. The Hall–Kier alpha value is -0.870. The molecule has 78 valence electrons. The number of thiophene rings is 1. The number of rotatable bonds is 5. The molecular formula is C10H16N2OS. The second kappa shape index (κ2) is 4.57. The average molecular weight is 212 g/mol. The molecule has 0 saturated heterocycles. The summed E-state index contributed by atoms with van der Waals surface area (Å²) in [4.78, 5) is 11.8. The summed E-state index contributed by atoms with van der Waals surface area (Å²) in [6.45, 7) is 5.30. The Morgan fingerprint density at radius 3 is 2.86 bits per heavy atom. The fourth-order valence-corrected chi connectivity index (χ4v) is 2.10. The summed E-state index contributed by atoms with van der Waals surface area (Å²) in [5.41, 5.74) is 5.10. The van der Waals surface area contributed by atoms with Crippen LogP contribution in [0.2, 0.25) is 0 Å². The first-order chi connectivity index (χ1) is 6.52. The highest BCUT2D eigenvalue weighted by Crippen LogP contribution is 2.26. The first kappa shape index (κ1) is 11.2. The topological polar surface area (TPSA) is 55.1 Å². The van der Waals surface area contributed by atoms with Gasteiger partial charge < -0.3 is 11.1 Å². The molecule has 0 unspecified atom stereocenters. The summed E-state index contributed by atoms with van der Waals surface area (Å²) < 4.78 is 0. The maximum atomic E-state index is 10.5. The van der Waals surface area contributed by atoms with Crippen molar-refractivity contribution in [1.82, 2.24) is 5.32 Å². The molecule has 1 rings (SSSR count). The summed E-state index contributed by atoms with van der Waals surface area (Å²) in [5.74, 6) is -0.313. The number of primary amides is 1. The summed E-state index contributed by atoms with van der Waals surface area (Å²) in [6, 6.07) is 4.15. The van der Waals surface area contributed by atoms with E-state index in [1.165, 1.54) is 4.88 Å². The number of carbonyl (C=O) groups excluding carboxylic acids is 1. The zero-order valence-corrected chi connectivity index (χ0v) is 9.36. The molecule has 0 fully saturated rings. The van der Waals surface area contributed by atoms with E-state index >= 15 is 0 Å². The minimum absolute atomic E-state index is 0.0591. The lowest BCUT2D eigenvalue weighted by Crippen LogP contribution is -2.37. The minimum Gasteiger partial charge on any atom is -0.369 e. The smallest absolute Gasteiger partial charge is 0.231 e. The van der Waals surface area contributed by atoms with E-state index < -0.39 is 0 Å². The highest BCUT2D eigenvalue weighted by molar-refractivity contribution is 7.10. The van der Waals surface area contributed by atoms with Crippen LogP contribution in [0.15, 0.2) is 17.5 Å². The van der Waals surface area contributed by atoms with Gasteiger partial charge in [0.1, 0.15) is 0 Å². The molecule has 3 N–H and O–H groups in total. The lowest BCUT2D eigenvalue weighted by molar-refractivity contribution is -0.117. The van der Waals surface area contributed by atoms with Gasteiger partial charge in [0.05, 0.1) is 6.54 Å². The predicted octanol–water partition coefficient (Wildman–Crippen LogP) is 1.10. The number of hydrogen-bond donors (Lipinski definition) is 2. The van der Waals surface area contributed by atoms with Gasteiger partial charge in [0.2, 0.25) is 5.91 Å². The van der Waals surface area contributed by atoms with Crippen LogP contribution in [0, 0.1) is 0 Å². The molecule has 0 bridgehead atoms. The second-order valence-electron chi connectivity index (χ2n) is 3.93. The zero-order chi connectivity index (χ0) is 10.6. The van der Waals surface area contributed by atoms with Gasteiger partial charge in [0.25, 0.3) is 0 Å². The van der Waals surface area contributed by atoms with E-state index in [2.05, 4.69) is 30.6 Å². The van der Waals surface area contributed by atoms with Gasteiger partial charge in [-0.3, -0.25) is 4.79 Å². The Kier molecular flexibility index (Phi) is 3.66. The maximum Gasteiger partial charge on any atom is 0.231 e. The summed E-state index contributed by atoms with van der Waals surface area (Å²) in [6.07, 6.45) is 0. The number of nitrogens with one attached hydrogen (secondary N) is 1. The Balaban J connectivity index is 2.46. The third-order valence-electron chi connectivity index (χ3n) is 2.05. The molecule has 1 heterocycles. The van der Waals surface area contributed by atoms with Crippen LogP contribution in [0.3, 0.4) is 0 Å². The Labute approximate surface area is 88.3 Å². The number of carbonyl (C=O) groups is 1. The summed E-state index contributed by atoms with van der Waals surface area (Å²) >= 11 is 1.73. The van der Waals surface area contributed by atoms with E-state index in [-0.39, 0.29) is 17.9 Å². The van der Waals surface area contributed by atoms with Gasteiger partial charge in [-0.05, 0) is 11.4 Å². The highest BCUT2D eigenvalue weighted by Gasteiger charge is 2.20. The molecule has 0 aliphatic heterocycles. The molecular weight excluding hydrogens is 196 g/mol. The minimum atomic E-state index is -0.313. The van der Waals surface area contributed by atoms with E-state index in [0.29, 0.717) is 0 Å². The Morgan fingerprint density at radius 1 is 1.64 bits per heavy atom. The lowest BCUT2D eigenvalue weighted by atomic mass is 9.91. The molecule has 0 atom stereocenters. The third kappa shape index (κ3) is 3.12. The number of amides is 1. The van der Waals surface area contributed by atoms with E-state index in [1.807, 2.05) is 6.07 Å². The molecule has 3 nitrogen and oxygen atoms in total. The van der Waals surface area contributed by atoms with Crippen molar-refractivity contribution in [3.05, 3.63) is 22.4 Å². The van der Waals surface area contributed by atoms with Crippen LogP contribution in [0.1, 0.15) is 18.7 Å². The van der Waals surface area contributed by atoms with Crippen molar-refractivity contribution >= 4 is 17.2 Å². The zero-order valence-electron chi connectivity index (χ0n) is 8.54. The first-order valence-corrected chi connectivity index (χ1v) is 5.43. The van der Waals surface area contributed by atoms with Crippen molar-refractivity contribution in [3.8, 4) is 0 Å². The Bertz CT molecular complexity index is 293. The predicted molar refractivity (Wildman–Crippen MR) is 59.4 cm³/mol. The molecule has 0 aliphatic carbocycles. The summed E-state index contributed by atoms with van der Waals surface area (Å²) in [5, 5.41) is 5.11. The maximum absolute atomic E-state index is 10.5. The molecule has 0 aliphatic rings. The van der Waals surface area contributed by atoms with Crippen LogP contribution in [-0.2, 0) is 10.2 Å². The molecule has 14 heavy (non-hydrogen) atoms. The van der Waals surface area contributed by atoms with Gasteiger partial charge in [-0.1, -0.05) is 19.9 Å². The molecule has 1 aromatic heterocycles. The van der Waals surface area contributed by atoms with E-state index in [0.717, 1.165) is 6.54 Å². The average Bonchev–Trinajstić information content (AvgIpc) is 2.54. The fraction of sp³-hybridized carbons (Fsp3) is 0.500. The fourth-order valence-electron chi connectivity index (χ4n) is 1.25. The van der Waals surface area contributed by atoms with Gasteiger partial charge in [-0.15, -0.1) is 11.3 Å². The van der Waals surface area contributed by atoms with Crippen molar-refractivity contribution < 1.29 is 4.79 Å². The molecule has 0 radical (unpaired) electrons. The standard InChI is InChI=1S/C10H16N2OS/c1-10(2,7-12-6-9(11)13)8-4-3-5-14-8/h3-5,12H,6-7H2,1-2H3,(H2,11,13). The monoisotopic (exact) mass is 212 g/mol. The van der Waals surface area contributed by atoms with Gasteiger partial charge >= 0.3 is 0 Å². The third-order valence-corrected chi connectivity index (χ3v) is 3.29. The van der Waals surface area contributed by atoms with Crippen LogP contribution in [0.4, 0.5) is 0 Å². The van der Waals surface area contributed by atoms with Crippen molar-refractivity contribution in [3.63, 3.8) is 0 Å².